The Morgan fingerprint density at radius 1 is 1.31 bits per heavy atom. The zero-order valence-electron chi connectivity index (χ0n) is 7.21. The van der Waals surface area contributed by atoms with E-state index in [2.05, 4.69) is 4.98 Å². The standard InChI is InChI=1S/C8H11NO3.BrH/c1-5-8(12)7(4-11)6(3-10)2-9-5;/h2,10-12H,3-4H2,1H3;1H. The Balaban J connectivity index is 0.00000144. The van der Waals surface area contributed by atoms with Crippen molar-refractivity contribution in [3.8, 4) is 5.75 Å². The van der Waals surface area contributed by atoms with Crippen LogP contribution in [-0.4, -0.2) is 15.3 Å². The van der Waals surface area contributed by atoms with Gasteiger partial charge in [-0.25, -0.2) is 4.98 Å². The quantitative estimate of drug-likeness (QED) is 0.510. The first-order chi connectivity index (χ1) is 5.70. The highest BCUT2D eigenvalue weighted by atomic mass is 79.9. The highest BCUT2D eigenvalue weighted by Gasteiger charge is 2.13. The van der Waals surface area contributed by atoms with Gasteiger partial charge in [-0.05, 0) is 0 Å². The van der Waals surface area contributed by atoms with Crippen molar-refractivity contribution in [2.45, 2.75) is 20.1 Å². The van der Waals surface area contributed by atoms with Gasteiger partial charge in [-0.3, -0.25) is 0 Å². The van der Waals surface area contributed by atoms with Crippen molar-refractivity contribution < 1.29 is 37.3 Å². The molecule has 0 aromatic carbocycles. The molecule has 4 nitrogen and oxygen atoms in total. The summed E-state index contributed by atoms with van der Waals surface area (Å²) in [6.07, 6.45) is 1.57. The normalized spacial score (nSPS) is 9.46. The molecule has 0 aliphatic carbocycles. The van der Waals surface area contributed by atoms with Gasteiger partial charge in [-0.15, -0.1) is 0 Å². The number of hydrogen-bond acceptors (Lipinski definition) is 3. The smallest absolute Gasteiger partial charge is 0.219 e. The lowest BCUT2D eigenvalue weighted by Gasteiger charge is -2.03. The van der Waals surface area contributed by atoms with Crippen molar-refractivity contribution in [2.75, 3.05) is 0 Å². The van der Waals surface area contributed by atoms with E-state index >= 15 is 0 Å². The summed E-state index contributed by atoms with van der Waals surface area (Å²) in [5.41, 5.74) is 1.48. The van der Waals surface area contributed by atoms with Crippen LogP contribution in [0.25, 0.3) is 0 Å². The van der Waals surface area contributed by atoms with Crippen molar-refractivity contribution in [1.82, 2.24) is 0 Å². The summed E-state index contributed by atoms with van der Waals surface area (Å²) in [5, 5.41) is 27.1. The number of aromatic hydroxyl groups is 1. The van der Waals surface area contributed by atoms with Gasteiger partial charge >= 0.3 is 0 Å². The maximum Gasteiger partial charge on any atom is 0.219 e. The van der Waals surface area contributed by atoms with Gasteiger partial charge in [0.15, 0.2) is 11.9 Å². The van der Waals surface area contributed by atoms with Gasteiger partial charge in [0.25, 0.3) is 0 Å². The molecule has 0 aliphatic heterocycles. The highest BCUT2D eigenvalue weighted by molar-refractivity contribution is 5.37. The van der Waals surface area contributed by atoms with E-state index in [1.54, 1.807) is 13.1 Å². The number of rotatable bonds is 2. The summed E-state index contributed by atoms with van der Waals surface area (Å²) in [5.74, 6) is 0.0176. The Bertz CT molecular complexity index is 291. The third kappa shape index (κ3) is 2.40. The van der Waals surface area contributed by atoms with E-state index < -0.39 is 0 Å². The van der Waals surface area contributed by atoms with Gasteiger partial charge in [0.05, 0.1) is 18.8 Å². The molecular weight excluding hydrogens is 238 g/mol. The van der Waals surface area contributed by atoms with Crippen LogP contribution in [0.5, 0.6) is 5.75 Å². The molecule has 0 amide bonds. The second kappa shape index (κ2) is 5.16. The minimum atomic E-state index is -0.267. The predicted octanol–water partition coefficient (Wildman–Crippen LogP) is -3.50. The number of aryl methyl sites for hydroxylation is 1. The number of aromatic nitrogens is 1. The zero-order chi connectivity index (χ0) is 9.14. The second-order valence-electron chi connectivity index (χ2n) is 2.58. The van der Waals surface area contributed by atoms with E-state index in [0.717, 1.165) is 0 Å². The highest BCUT2D eigenvalue weighted by Crippen LogP contribution is 2.21. The maximum absolute atomic E-state index is 9.41. The van der Waals surface area contributed by atoms with Gasteiger partial charge in [0.1, 0.15) is 0 Å². The molecule has 0 aliphatic rings. The molecule has 1 aromatic heterocycles. The van der Waals surface area contributed by atoms with Crippen LogP contribution in [0.4, 0.5) is 0 Å². The van der Waals surface area contributed by atoms with Crippen LogP contribution in [0.3, 0.4) is 0 Å². The summed E-state index contributed by atoms with van der Waals surface area (Å²) in [7, 11) is 0. The van der Waals surface area contributed by atoms with Crippen LogP contribution < -0.4 is 22.0 Å². The Kier molecular flexibility index (Phi) is 4.90. The number of nitrogens with one attached hydrogen (secondary N) is 1. The molecule has 0 fully saturated rings. The number of halogens is 1. The van der Waals surface area contributed by atoms with E-state index in [9.17, 15) is 5.11 Å². The first-order valence-electron chi connectivity index (χ1n) is 3.64. The summed E-state index contributed by atoms with van der Waals surface area (Å²) in [6, 6.07) is 0. The largest absolute Gasteiger partial charge is 1.00 e. The number of hydrogen-bond donors (Lipinski definition) is 3. The Morgan fingerprint density at radius 2 is 1.92 bits per heavy atom. The number of aromatic amines is 1. The van der Waals surface area contributed by atoms with Crippen LogP contribution in [0.1, 0.15) is 16.8 Å². The van der Waals surface area contributed by atoms with Crippen molar-refractivity contribution >= 4 is 0 Å². The van der Waals surface area contributed by atoms with Crippen molar-refractivity contribution in [3.63, 3.8) is 0 Å². The Morgan fingerprint density at radius 3 is 2.38 bits per heavy atom. The van der Waals surface area contributed by atoms with Crippen molar-refractivity contribution in [1.29, 1.82) is 0 Å². The first kappa shape index (κ1) is 12.3. The molecule has 1 aromatic rings. The van der Waals surface area contributed by atoms with Gasteiger partial charge in [0, 0.05) is 12.5 Å². The summed E-state index contributed by atoms with van der Waals surface area (Å²) >= 11 is 0. The average molecular weight is 250 g/mol. The topological polar surface area (TPSA) is 74.8 Å². The van der Waals surface area contributed by atoms with Crippen molar-refractivity contribution in [2.24, 2.45) is 0 Å². The van der Waals surface area contributed by atoms with E-state index in [1.165, 1.54) is 0 Å². The number of aliphatic hydroxyl groups excluding tert-OH is 2. The van der Waals surface area contributed by atoms with Crippen LogP contribution in [-0.2, 0) is 13.2 Å². The van der Waals surface area contributed by atoms with E-state index in [-0.39, 0.29) is 35.9 Å². The lowest BCUT2D eigenvalue weighted by molar-refractivity contribution is -0.389. The molecule has 0 saturated heterocycles. The maximum atomic E-state index is 9.41. The summed E-state index contributed by atoms with van der Waals surface area (Å²) < 4.78 is 0. The minimum Gasteiger partial charge on any atom is -1.00 e. The van der Waals surface area contributed by atoms with Crippen LogP contribution in [0.2, 0.25) is 0 Å². The van der Waals surface area contributed by atoms with Crippen molar-refractivity contribution in [3.05, 3.63) is 23.0 Å². The van der Waals surface area contributed by atoms with Gasteiger partial charge in [-0.1, -0.05) is 0 Å². The van der Waals surface area contributed by atoms with Gasteiger partial charge in [-0.2, -0.15) is 0 Å². The third-order valence-corrected chi connectivity index (χ3v) is 1.82. The van der Waals surface area contributed by atoms with E-state index in [1.807, 2.05) is 0 Å². The lowest BCUT2D eigenvalue weighted by atomic mass is 10.1. The molecule has 5 heteroatoms. The predicted molar refractivity (Wildman–Crippen MR) is 41.2 cm³/mol. The molecule has 4 N–H and O–H groups in total. The zero-order valence-corrected chi connectivity index (χ0v) is 8.80. The van der Waals surface area contributed by atoms with Crippen LogP contribution >= 0.6 is 0 Å². The first-order valence-corrected chi connectivity index (χ1v) is 3.64. The molecule has 0 bridgehead atoms. The number of aliphatic hydroxyl groups is 2. The monoisotopic (exact) mass is 249 g/mol. The average Bonchev–Trinajstić information content (AvgIpc) is 2.09. The second-order valence-corrected chi connectivity index (χ2v) is 2.58. The number of H-pyrrole nitrogens is 1. The van der Waals surface area contributed by atoms with E-state index in [4.69, 9.17) is 10.2 Å². The Hall–Kier alpha value is -0.650. The molecule has 74 valence electrons. The van der Waals surface area contributed by atoms with Crippen LogP contribution in [0.15, 0.2) is 6.20 Å². The summed E-state index contributed by atoms with van der Waals surface area (Å²) in [4.78, 5) is 2.77. The lowest BCUT2D eigenvalue weighted by Crippen LogP contribution is -3.00. The van der Waals surface area contributed by atoms with Gasteiger partial charge < -0.3 is 32.3 Å². The minimum absolute atomic E-state index is 0. The fourth-order valence-corrected chi connectivity index (χ4v) is 1.05. The third-order valence-electron chi connectivity index (χ3n) is 1.82. The molecule has 0 saturated carbocycles. The van der Waals surface area contributed by atoms with Gasteiger partial charge in [0.2, 0.25) is 5.69 Å². The SMILES string of the molecule is Cc1[nH+]cc(CO)c(CO)c1O.[Br-]. The number of pyridine rings is 1. The molecule has 0 atom stereocenters. The molecule has 0 radical (unpaired) electrons. The molecule has 1 rings (SSSR count). The summed E-state index contributed by atoms with van der Waals surface area (Å²) in [6.45, 7) is 1.23. The Labute approximate surface area is 86.6 Å². The molecule has 1 heterocycles. The molecule has 0 spiro atoms. The van der Waals surface area contributed by atoms with E-state index in [0.29, 0.717) is 16.8 Å². The van der Waals surface area contributed by atoms with Crippen LogP contribution in [0, 0.1) is 6.92 Å². The fraction of sp³-hybridized carbons (Fsp3) is 0.375. The molecule has 13 heavy (non-hydrogen) atoms. The molecule has 0 unspecified atom stereocenters. The molecular formula is C8H12BrNO3. The fourth-order valence-electron chi connectivity index (χ4n) is 1.05.